The van der Waals surface area contributed by atoms with Crippen LogP contribution in [0.1, 0.15) is 18.4 Å². The number of aliphatic hydroxyl groups excluding tert-OH is 1. The molecule has 1 atom stereocenters. The third kappa shape index (κ3) is 2.13. The molecule has 0 aliphatic heterocycles. The fourth-order valence-electron chi connectivity index (χ4n) is 1.000. The summed E-state index contributed by atoms with van der Waals surface area (Å²) < 4.78 is 0. The van der Waals surface area contributed by atoms with Gasteiger partial charge < -0.3 is 5.11 Å². The Morgan fingerprint density at radius 2 is 2.08 bits per heavy atom. The molecule has 0 amide bonds. The van der Waals surface area contributed by atoms with Gasteiger partial charge in [-0.15, -0.1) is 0 Å². The molecule has 1 N–H and O–H groups in total. The minimum absolute atomic E-state index is 0.0646. The second-order valence-electron chi connectivity index (χ2n) is 2.75. The van der Waals surface area contributed by atoms with Gasteiger partial charge in [0.15, 0.2) is 0 Å². The minimum Gasteiger partial charge on any atom is -0.396 e. The maximum atomic E-state index is 8.89. The van der Waals surface area contributed by atoms with Gasteiger partial charge >= 0.3 is 0 Å². The van der Waals surface area contributed by atoms with Crippen molar-refractivity contribution >= 4 is 23.2 Å². The molecule has 1 rings (SSSR count). The van der Waals surface area contributed by atoms with Gasteiger partial charge in [-0.05, 0) is 17.7 Å². The van der Waals surface area contributed by atoms with Gasteiger partial charge in [-0.3, -0.25) is 0 Å². The molecule has 0 fully saturated rings. The molecule has 0 spiro atoms. The molecule has 0 bridgehead atoms. The summed E-state index contributed by atoms with van der Waals surface area (Å²) in [4.78, 5) is 0. The van der Waals surface area contributed by atoms with Crippen LogP contribution in [-0.2, 0) is 0 Å². The summed E-state index contributed by atoms with van der Waals surface area (Å²) in [5.74, 6) is 0.0646. The zero-order valence-corrected chi connectivity index (χ0v) is 8.23. The van der Waals surface area contributed by atoms with Crippen LogP contribution in [-0.4, -0.2) is 11.7 Å². The van der Waals surface area contributed by atoms with Gasteiger partial charge in [-0.1, -0.05) is 36.2 Å². The number of halogens is 2. The average Bonchev–Trinajstić information content (AvgIpc) is 2.03. The maximum absolute atomic E-state index is 8.89. The van der Waals surface area contributed by atoms with Gasteiger partial charge in [0.05, 0.1) is 0 Å². The maximum Gasteiger partial charge on any atom is 0.0497 e. The first kappa shape index (κ1) is 9.85. The van der Waals surface area contributed by atoms with E-state index in [2.05, 4.69) is 0 Å². The average molecular weight is 205 g/mol. The van der Waals surface area contributed by atoms with E-state index >= 15 is 0 Å². The lowest BCUT2D eigenvalue weighted by Gasteiger charge is -2.09. The molecule has 12 heavy (non-hydrogen) atoms. The molecule has 0 aliphatic carbocycles. The summed E-state index contributed by atoms with van der Waals surface area (Å²) in [5.41, 5.74) is 0.934. The summed E-state index contributed by atoms with van der Waals surface area (Å²) in [5, 5.41) is 10.1. The first-order valence-corrected chi connectivity index (χ1v) is 4.46. The van der Waals surface area contributed by atoms with Gasteiger partial charge in [0.1, 0.15) is 0 Å². The van der Waals surface area contributed by atoms with Crippen molar-refractivity contribution in [2.24, 2.45) is 0 Å². The quantitative estimate of drug-likeness (QED) is 0.786. The monoisotopic (exact) mass is 204 g/mol. The topological polar surface area (TPSA) is 20.2 Å². The largest absolute Gasteiger partial charge is 0.396 e. The normalized spacial score (nSPS) is 13.0. The van der Waals surface area contributed by atoms with Crippen LogP contribution in [0.5, 0.6) is 0 Å². The molecule has 1 nitrogen and oxygen atoms in total. The molecule has 1 aromatic carbocycles. The molecule has 0 saturated heterocycles. The fraction of sp³-hybridized carbons (Fsp3) is 0.333. The number of benzene rings is 1. The van der Waals surface area contributed by atoms with E-state index in [0.717, 1.165) is 5.56 Å². The number of hydrogen-bond donors (Lipinski definition) is 1. The molecule has 0 aliphatic rings. The van der Waals surface area contributed by atoms with Crippen LogP contribution in [0.3, 0.4) is 0 Å². The second-order valence-corrected chi connectivity index (χ2v) is 3.59. The zero-order chi connectivity index (χ0) is 9.14. The van der Waals surface area contributed by atoms with E-state index in [9.17, 15) is 0 Å². The Hall–Kier alpha value is -0.240. The van der Waals surface area contributed by atoms with Crippen LogP contribution in [0.15, 0.2) is 18.2 Å². The first-order valence-electron chi connectivity index (χ1n) is 3.71. The Morgan fingerprint density at radius 1 is 1.42 bits per heavy atom. The zero-order valence-electron chi connectivity index (χ0n) is 6.72. The first-order chi connectivity index (χ1) is 5.65. The van der Waals surface area contributed by atoms with E-state index in [0.29, 0.717) is 10.0 Å². The van der Waals surface area contributed by atoms with Gasteiger partial charge in [0, 0.05) is 22.6 Å². The van der Waals surface area contributed by atoms with E-state index in [1.807, 2.05) is 13.0 Å². The summed E-state index contributed by atoms with van der Waals surface area (Å²) in [7, 11) is 0. The predicted molar refractivity (Wildman–Crippen MR) is 52.0 cm³/mol. The lowest BCUT2D eigenvalue weighted by Crippen LogP contribution is -1.99. The molecular formula is C9H10Cl2O. The highest BCUT2D eigenvalue weighted by atomic mass is 35.5. The van der Waals surface area contributed by atoms with Gasteiger partial charge in [-0.2, -0.15) is 0 Å². The van der Waals surface area contributed by atoms with E-state index in [4.69, 9.17) is 28.3 Å². The van der Waals surface area contributed by atoms with Crippen LogP contribution in [0, 0.1) is 0 Å². The molecule has 66 valence electrons. The van der Waals surface area contributed by atoms with Crippen molar-refractivity contribution in [3.8, 4) is 0 Å². The minimum atomic E-state index is 0.0646. The Kier molecular flexibility index (Phi) is 3.39. The van der Waals surface area contributed by atoms with E-state index in [-0.39, 0.29) is 12.5 Å². The Bertz CT molecular complexity index is 273. The standard InChI is InChI=1S/C9H10Cl2O/c1-6(5-12)8-3-2-7(10)4-9(8)11/h2-4,6,12H,5H2,1H3. The molecule has 3 heteroatoms. The van der Waals surface area contributed by atoms with Gasteiger partial charge in [0.25, 0.3) is 0 Å². The van der Waals surface area contributed by atoms with Crippen LogP contribution >= 0.6 is 23.2 Å². The molecule has 0 radical (unpaired) electrons. The van der Waals surface area contributed by atoms with Crippen molar-refractivity contribution in [1.29, 1.82) is 0 Å². The Labute approximate surface area is 81.9 Å². The highest BCUT2D eigenvalue weighted by molar-refractivity contribution is 6.35. The third-order valence-electron chi connectivity index (χ3n) is 1.77. The molecule has 0 heterocycles. The number of hydrogen-bond acceptors (Lipinski definition) is 1. The molecule has 0 saturated carbocycles. The Balaban J connectivity index is 3.01. The summed E-state index contributed by atoms with van der Waals surface area (Å²) in [6, 6.07) is 5.30. The summed E-state index contributed by atoms with van der Waals surface area (Å²) in [6.07, 6.45) is 0. The van der Waals surface area contributed by atoms with Crippen LogP contribution in [0.25, 0.3) is 0 Å². The predicted octanol–water partition coefficient (Wildman–Crippen LogP) is 3.09. The SMILES string of the molecule is CC(CO)c1ccc(Cl)cc1Cl. The van der Waals surface area contributed by atoms with Crippen molar-refractivity contribution < 1.29 is 5.11 Å². The molecular weight excluding hydrogens is 195 g/mol. The smallest absolute Gasteiger partial charge is 0.0497 e. The lowest BCUT2D eigenvalue weighted by atomic mass is 10.0. The van der Waals surface area contributed by atoms with Gasteiger partial charge in [0.2, 0.25) is 0 Å². The highest BCUT2D eigenvalue weighted by Gasteiger charge is 2.07. The van der Waals surface area contributed by atoms with E-state index < -0.39 is 0 Å². The summed E-state index contributed by atoms with van der Waals surface area (Å²) >= 11 is 11.6. The fourth-order valence-corrected chi connectivity index (χ4v) is 1.59. The lowest BCUT2D eigenvalue weighted by molar-refractivity contribution is 0.273. The van der Waals surface area contributed by atoms with Crippen molar-refractivity contribution in [2.45, 2.75) is 12.8 Å². The van der Waals surface area contributed by atoms with Crippen LogP contribution in [0.4, 0.5) is 0 Å². The number of rotatable bonds is 2. The van der Waals surface area contributed by atoms with E-state index in [1.54, 1.807) is 12.1 Å². The second kappa shape index (κ2) is 4.13. The number of aliphatic hydroxyl groups is 1. The van der Waals surface area contributed by atoms with Crippen LogP contribution < -0.4 is 0 Å². The van der Waals surface area contributed by atoms with Crippen molar-refractivity contribution in [1.82, 2.24) is 0 Å². The third-order valence-corrected chi connectivity index (χ3v) is 2.33. The molecule has 0 aromatic heterocycles. The van der Waals surface area contributed by atoms with Crippen LogP contribution in [0.2, 0.25) is 10.0 Å². The van der Waals surface area contributed by atoms with Gasteiger partial charge in [-0.25, -0.2) is 0 Å². The molecule has 1 unspecified atom stereocenters. The van der Waals surface area contributed by atoms with Crippen molar-refractivity contribution in [2.75, 3.05) is 6.61 Å². The highest BCUT2D eigenvalue weighted by Crippen LogP contribution is 2.26. The molecule has 1 aromatic rings. The Morgan fingerprint density at radius 3 is 2.58 bits per heavy atom. The van der Waals surface area contributed by atoms with Crippen molar-refractivity contribution in [3.05, 3.63) is 33.8 Å². The van der Waals surface area contributed by atoms with Crippen molar-refractivity contribution in [3.63, 3.8) is 0 Å². The van der Waals surface area contributed by atoms with E-state index in [1.165, 1.54) is 0 Å². The summed E-state index contributed by atoms with van der Waals surface area (Å²) in [6.45, 7) is 2.01.